The van der Waals surface area contributed by atoms with Crippen molar-refractivity contribution in [1.82, 2.24) is 4.31 Å². The third-order valence-electron chi connectivity index (χ3n) is 4.09. The zero-order valence-corrected chi connectivity index (χ0v) is 15.7. The molecule has 1 N–H and O–H groups in total. The van der Waals surface area contributed by atoms with Crippen LogP contribution in [0.1, 0.15) is 36.9 Å². The number of rotatable bonds is 6. The van der Waals surface area contributed by atoms with E-state index in [1.165, 1.54) is 7.05 Å². The van der Waals surface area contributed by atoms with E-state index in [0.717, 1.165) is 16.1 Å². The van der Waals surface area contributed by atoms with Crippen LogP contribution in [0.2, 0.25) is 0 Å². The topological polar surface area (TPSA) is 66.5 Å². The summed E-state index contributed by atoms with van der Waals surface area (Å²) in [5.74, 6) is -0.147. The summed E-state index contributed by atoms with van der Waals surface area (Å²) < 4.78 is 25.1. The summed E-state index contributed by atoms with van der Waals surface area (Å²) in [5, 5.41) is 2.90. The van der Waals surface area contributed by atoms with Crippen molar-refractivity contribution in [3.8, 4) is 0 Å². The van der Waals surface area contributed by atoms with Crippen LogP contribution >= 0.6 is 0 Å². The van der Waals surface area contributed by atoms with Gasteiger partial charge in [0.1, 0.15) is 6.04 Å². The summed E-state index contributed by atoms with van der Waals surface area (Å²) in [4.78, 5) is 13.0. The van der Waals surface area contributed by atoms with Gasteiger partial charge in [0.2, 0.25) is 15.9 Å². The minimum absolute atomic E-state index is 0.235. The van der Waals surface area contributed by atoms with Crippen molar-refractivity contribution >= 4 is 21.6 Å². The molecule has 0 saturated carbocycles. The normalized spacial score (nSPS) is 13.0. The first kappa shape index (κ1) is 19.1. The van der Waals surface area contributed by atoms with Gasteiger partial charge in [0, 0.05) is 12.7 Å². The third-order valence-corrected chi connectivity index (χ3v) is 5.35. The molecule has 25 heavy (non-hydrogen) atoms. The summed E-state index contributed by atoms with van der Waals surface area (Å²) in [7, 11) is -2.12. The summed E-state index contributed by atoms with van der Waals surface area (Å²) in [6.45, 7) is 4.09. The molecule has 0 aliphatic carbocycles. The van der Waals surface area contributed by atoms with Crippen LogP contribution in [-0.4, -0.2) is 31.9 Å². The van der Waals surface area contributed by atoms with E-state index >= 15 is 0 Å². The molecule has 6 heteroatoms. The van der Waals surface area contributed by atoms with Crippen molar-refractivity contribution in [2.45, 2.75) is 25.8 Å². The first-order valence-electron chi connectivity index (χ1n) is 8.09. The lowest BCUT2D eigenvalue weighted by Crippen LogP contribution is -2.38. The van der Waals surface area contributed by atoms with Gasteiger partial charge in [0.25, 0.3) is 0 Å². The van der Waals surface area contributed by atoms with Gasteiger partial charge in [-0.1, -0.05) is 62.4 Å². The number of nitrogens with zero attached hydrogens (tertiary/aromatic N) is 1. The quantitative estimate of drug-likeness (QED) is 0.859. The van der Waals surface area contributed by atoms with Gasteiger partial charge in [-0.2, -0.15) is 4.31 Å². The monoisotopic (exact) mass is 360 g/mol. The molecule has 2 aromatic carbocycles. The van der Waals surface area contributed by atoms with Crippen LogP contribution < -0.4 is 5.32 Å². The first-order chi connectivity index (χ1) is 11.7. The van der Waals surface area contributed by atoms with Crippen molar-refractivity contribution in [2.75, 3.05) is 18.6 Å². The van der Waals surface area contributed by atoms with Crippen LogP contribution in [0.15, 0.2) is 54.6 Å². The molecule has 2 rings (SSSR count). The maximum atomic E-state index is 13.0. The lowest BCUT2D eigenvalue weighted by molar-refractivity contribution is -0.119. The van der Waals surface area contributed by atoms with Crippen LogP contribution in [0.5, 0.6) is 0 Å². The van der Waals surface area contributed by atoms with Crippen molar-refractivity contribution in [1.29, 1.82) is 0 Å². The van der Waals surface area contributed by atoms with Crippen LogP contribution in [0.25, 0.3) is 0 Å². The number of hydrogen-bond donors (Lipinski definition) is 1. The first-order valence-corrected chi connectivity index (χ1v) is 9.94. The molecule has 0 heterocycles. The largest absolute Gasteiger partial charge is 0.324 e. The van der Waals surface area contributed by atoms with Gasteiger partial charge in [-0.25, -0.2) is 8.42 Å². The molecular formula is C19H24N2O3S. The molecule has 0 fully saturated rings. The molecule has 0 bridgehead atoms. The van der Waals surface area contributed by atoms with Crippen molar-refractivity contribution in [3.05, 3.63) is 65.7 Å². The average molecular weight is 360 g/mol. The van der Waals surface area contributed by atoms with Crippen LogP contribution in [0.3, 0.4) is 0 Å². The Bertz CT molecular complexity index is 833. The number of likely N-dealkylation sites (N-methyl/N-ethyl adjacent to an activating group) is 1. The Morgan fingerprint density at radius 2 is 1.56 bits per heavy atom. The second-order valence-corrected chi connectivity index (χ2v) is 8.37. The fourth-order valence-electron chi connectivity index (χ4n) is 2.67. The van der Waals surface area contributed by atoms with Gasteiger partial charge in [0.15, 0.2) is 0 Å². The molecule has 0 spiro atoms. The van der Waals surface area contributed by atoms with E-state index in [0.29, 0.717) is 11.3 Å². The van der Waals surface area contributed by atoms with Gasteiger partial charge < -0.3 is 5.32 Å². The van der Waals surface area contributed by atoms with Gasteiger partial charge in [-0.05, 0) is 23.1 Å². The second kappa shape index (κ2) is 7.80. The predicted octanol–water partition coefficient (Wildman–Crippen LogP) is 3.38. The number of anilines is 1. The average Bonchev–Trinajstić information content (AvgIpc) is 2.55. The highest BCUT2D eigenvalue weighted by Crippen LogP contribution is 2.27. The molecule has 134 valence electrons. The Hall–Kier alpha value is -2.18. The lowest BCUT2D eigenvalue weighted by atomic mass is 10.0. The highest BCUT2D eigenvalue weighted by Gasteiger charge is 2.31. The molecule has 0 aliphatic heterocycles. The Balaban J connectivity index is 2.40. The van der Waals surface area contributed by atoms with E-state index in [9.17, 15) is 13.2 Å². The smallest absolute Gasteiger partial charge is 0.247 e. The van der Waals surface area contributed by atoms with E-state index in [4.69, 9.17) is 0 Å². The lowest BCUT2D eigenvalue weighted by Gasteiger charge is -2.26. The number of amides is 1. The third kappa shape index (κ3) is 4.67. The Labute approximate surface area is 149 Å². The Morgan fingerprint density at radius 3 is 2.12 bits per heavy atom. The molecule has 1 amide bonds. The molecule has 0 aromatic heterocycles. The number of carbonyl (C=O) groups excluding carboxylic acids is 1. The maximum Gasteiger partial charge on any atom is 0.247 e. The van der Waals surface area contributed by atoms with Crippen molar-refractivity contribution in [2.24, 2.45) is 0 Å². The van der Waals surface area contributed by atoms with E-state index in [-0.39, 0.29) is 11.8 Å². The number of carbonyl (C=O) groups is 1. The maximum absolute atomic E-state index is 13.0. The highest BCUT2D eigenvalue weighted by atomic mass is 32.2. The summed E-state index contributed by atoms with van der Waals surface area (Å²) in [6, 6.07) is 15.5. The fraction of sp³-hybridized carbons (Fsp3) is 0.316. The number of para-hydroxylation sites is 1. The molecular weight excluding hydrogens is 336 g/mol. The SMILES string of the molecule is CC(C)c1ccccc1NC(=O)[C@@H](c1ccccc1)N(C)S(C)(=O)=O. The summed E-state index contributed by atoms with van der Waals surface area (Å²) >= 11 is 0. The van der Waals surface area contributed by atoms with E-state index in [1.807, 2.05) is 44.2 Å². The van der Waals surface area contributed by atoms with E-state index in [1.54, 1.807) is 24.3 Å². The molecule has 0 aliphatic rings. The standard InChI is InChI=1S/C19H24N2O3S/c1-14(2)16-12-8-9-13-17(16)20-19(22)18(21(3)25(4,23)24)15-10-6-5-7-11-15/h5-14,18H,1-4H3,(H,20,22)/t18-/m1/s1. The number of sulfonamides is 1. The number of hydrogen-bond acceptors (Lipinski definition) is 3. The van der Waals surface area contributed by atoms with Crippen LogP contribution in [0, 0.1) is 0 Å². The van der Waals surface area contributed by atoms with Crippen LogP contribution in [0.4, 0.5) is 5.69 Å². The zero-order valence-electron chi connectivity index (χ0n) is 14.9. The van der Waals surface area contributed by atoms with Crippen molar-refractivity contribution in [3.63, 3.8) is 0 Å². The van der Waals surface area contributed by atoms with Gasteiger partial charge >= 0.3 is 0 Å². The minimum atomic E-state index is -3.54. The van der Waals surface area contributed by atoms with Crippen LogP contribution in [-0.2, 0) is 14.8 Å². The zero-order chi connectivity index (χ0) is 18.6. The highest BCUT2D eigenvalue weighted by molar-refractivity contribution is 7.88. The molecule has 0 saturated heterocycles. The van der Waals surface area contributed by atoms with E-state index in [2.05, 4.69) is 5.32 Å². The Kier molecular flexibility index (Phi) is 5.98. The summed E-state index contributed by atoms with van der Waals surface area (Å²) in [5.41, 5.74) is 2.32. The molecule has 2 aromatic rings. The molecule has 0 radical (unpaired) electrons. The van der Waals surface area contributed by atoms with Gasteiger partial charge in [-0.15, -0.1) is 0 Å². The predicted molar refractivity (Wildman–Crippen MR) is 101 cm³/mol. The second-order valence-electron chi connectivity index (χ2n) is 6.32. The fourth-order valence-corrected chi connectivity index (χ4v) is 3.27. The Morgan fingerprint density at radius 1 is 1.00 bits per heavy atom. The van der Waals surface area contributed by atoms with Crippen molar-refractivity contribution < 1.29 is 13.2 Å². The molecule has 1 atom stereocenters. The van der Waals surface area contributed by atoms with Gasteiger partial charge in [0.05, 0.1) is 6.26 Å². The molecule has 0 unspecified atom stereocenters. The van der Waals surface area contributed by atoms with Gasteiger partial charge in [-0.3, -0.25) is 4.79 Å². The number of nitrogens with one attached hydrogen (secondary N) is 1. The van der Waals surface area contributed by atoms with E-state index < -0.39 is 16.1 Å². The summed E-state index contributed by atoms with van der Waals surface area (Å²) in [6.07, 6.45) is 1.10. The number of benzene rings is 2. The molecule has 5 nitrogen and oxygen atoms in total. The minimum Gasteiger partial charge on any atom is -0.324 e.